The Morgan fingerprint density at radius 3 is 2.27 bits per heavy atom. The predicted octanol–water partition coefficient (Wildman–Crippen LogP) is 5.52. The van der Waals surface area contributed by atoms with Crippen LogP contribution in [0.1, 0.15) is 73.1 Å². The van der Waals surface area contributed by atoms with E-state index in [-0.39, 0.29) is 23.3 Å². The van der Waals surface area contributed by atoms with Crippen LogP contribution < -0.4 is 10.2 Å². The zero-order valence-corrected chi connectivity index (χ0v) is 17.2. The lowest BCUT2D eigenvalue weighted by Crippen LogP contribution is -2.60. The van der Waals surface area contributed by atoms with Crippen LogP contribution in [0.3, 0.4) is 0 Å². The van der Waals surface area contributed by atoms with Crippen molar-refractivity contribution in [3.05, 3.63) is 30.3 Å². The summed E-state index contributed by atoms with van der Waals surface area (Å²) in [4.78, 5) is 14.8. The van der Waals surface area contributed by atoms with Crippen molar-refractivity contribution in [2.45, 2.75) is 90.3 Å². The minimum atomic E-state index is -0.216. The zero-order chi connectivity index (χ0) is 19.2. The first-order chi connectivity index (χ1) is 12.2. The molecule has 0 aliphatic carbocycles. The number of amides is 1. The Morgan fingerprint density at radius 2 is 1.69 bits per heavy atom. The number of unbranched alkanes of at least 4 members (excludes halogenated alkanes) is 3. The highest BCUT2D eigenvalue weighted by atomic mass is 16.6. The average molecular weight is 361 g/mol. The van der Waals surface area contributed by atoms with E-state index in [9.17, 15) is 4.79 Å². The number of nitrogens with zero attached hydrogens (tertiary/aromatic N) is 1. The van der Waals surface area contributed by atoms with Gasteiger partial charge in [-0.15, -0.1) is 0 Å². The van der Waals surface area contributed by atoms with Crippen molar-refractivity contribution < 1.29 is 9.53 Å². The van der Waals surface area contributed by atoms with Crippen molar-refractivity contribution in [3.63, 3.8) is 0 Å². The summed E-state index contributed by atoms with van der Waals surface area (Å²) in [5, 5.41) is 3.64. The SMILES string of the molecule is CCCCCCN(C(=O)OC1CC(C)(C)NC(C)(C)C1)c1ccccc1. The Labute approximate surface area is 159 Å². The topological polar surface area (TPSA) is 41.6 Å². The number of nitrogens with one attached hydrogen (secondary N) is 1. The Bertz CT molecular complexity index is 553. The van der Waals surface area contributed by atoms with E-state index in [0.717, 1.165) is 31.4 Å². The summed E-state index contributed by atoms with van der Waals surface area (Å²) in [5.41, 5.74) is 0.845. The van der Waals surface area contributed by atoms with E-state index in [2.05, 4.69) is 39.9 Å². The molecule has 1 saturated heterocycles. The highest BCUT2D eigenvalue weighted by Crippen LogP contribution is 2.31. The van der Waals surface area contributed by atoms with Crippen LogP contribution in [0.5, 0.6) is 0 Å². The zero-order valence-electron chi connectivity index (χ0n) is 17.2. The minimum Gasteiger partial charge on any atom is -0.446 e. The number of hydrogen-bond donors (Lipinski definition) is 1. The molecule has 1 amide bonds. The van der Waals surface area contributed by atoms with Gasteiger partial charge in [-0.05, 0) is 46.2 Å². The van der Waals surface area contributed by atoms with Gasteiger partial charge in [-0.2, -0.15) is 0 Å². The summed E-state index contributed by atoms with van der Waals surface area (Å²) in [7, 11) is 0. The van der Waals surface area contributed by atoms with Gasteiger partial charge in [0.05, 0.1) is 0 Å². The number of para-hydroxylation sites is 1. The molecule has 0 unspecified atom stereocenters. The van der Waals surface area contributed by atoms with Crippen molar-refractivity contribution in [2.75, 3.05) is 11.4 Å². The van der Waals surface area contributed by atoms with Gasteiger partial charge >= 0.3 is 6.09 Å². The molecule has 1 N–H and O–H groups in total. The second-order valence-electron chi connectivity index (χ2n) is 8.85. The third kappa shape index (κ3) is 6.31. The van der Waals surface area contributed by atoms with Gasteiger partial charge in [0.1, 0.15) is 6.10 Å². The lowest BCUT2D eigenvalue weighted by Gasteiger charge is -2.46. The highest BCUT2D eigenvalue weighted by Gasteiger charge is 2.39. The molecular weight excluding hydrogens is 324 g/mol. The Kier molecular flexibility index (Phi) is 7.10. The molecule has 0 atom stereocenters. The van der Waals surface area contributed by atoms with E-state index in [4.69, 9.17) is 4.74 Å². The molecule has 0 saturated carbocycles. The van der Waals surface area contributed by atoms with Crippen molar-refractivity contribution in [2.24, 2.45) is 0 Å². The van der Waals surface area contributed by atoms with Gasteiger partial charge in [0, 0.05) is 36.2 Å². The first-order valence-electron chi connectivity index (χ1n) is 10.0. The fraction of sp³-hybridized carbons (Fsp3) is 0.682. The molecule has 1 fully saturated rings. The van der Waals surface area contributed by atoms with Crippen LogP contribution in [-0.2, 0) is 4.74 Å². The molecule has 0 radical (unpaired) electrons. The normalized spacial score (nSPS) is 19.1. The third-order valence-corrected chi connectivity index (χ3v) is 4.94. The molecule has 0 bridgehead atoms. The average Bonchev–Trinajstić information content (AvgIpc) is 2.52. The Morgan fingerprint density at radius 1 is 1.08 bits per heavy atom. The second-order valence-corrected chi connectivity index (χ2v) is 8.85. The van der Waals surface area contributed by atoms with Crippen LogP contribution in [0, 0.1) is 0 Å². The van der Waals surface area contributed by atoms with Crippen molar-refractivity contribution in [1.29, 1.82) is 0 Å². The lowest BCUT2D eigenvalue weighted by molar-refractivity contribution is 0.0225. The maximum absolute atomic E-state index is 13.0. The highest BCUT2D eigenvalue weighted by molar-refractivity contribution is 5.87. The van der Waals surface area contributed by atoms with Crippen LogP contribution in [0.25, 0.3) is 0 Å². The smallest absolute Gasteiger partial charge is 0.414 e. The largest absolute Gasteiger partial charge is 0.446 e. The quantitative estimate of drug-likeness (QED) is 0.651. The van der Waals surface area contributed by atoms with E-state index in [1.807, 2.05) is 30.3 Å². The minimum absolute atomic E-state index is 0.0363. The van der Waals surface area contributed by atoms with Gasteiger partial charge in [0.25, 0.3) is 0 Å². The van der Waals surface area contributed by atoms with E-state index in [1.165, 1.54) is 12.8 Å². The standard InChI is InChI=1S/C22H36N2O2/c1-6-7-8-12-15-24(18-13-10-9-11-14-18)20(25)26-19-16-21(2,3)23-22(4,5)17-19/h9-11,13-14,19,23H,6-8,12,15-17H2,1-5H3. The van der Waals surface area contributed by atoms with Crippen LogP contribution in [0.4, 0.5) is 10.5 Å². The summed E-state index contributed by atoms with van der Waals surface area (Å²) in [6.45, 7) is 11.6. The molecule has 0 spiro atoms. The van der Waals surface area contributed by atoms with E-state index in [1.54, 1.807) is 4.90 Å². The van der Waals surface area contributed by atoms with Gasteiger partial charge in [-0.1, -0.05) is 44.4 Å². The summed E-state index contributed by atoms with van der Waals surface area (Å²) in [6.07, 6.45) is 5.92. The van der Waals surface area contributed by atoms with Crippen LogP contribution >= 0.6 is 0 Å². The van der Waals surface area contributed by atoms with Gasteiger partial charge in [-0.25, -0.2) is 4.79 Å². The molecule has 0 aromatic heterocycles. The molecule has 4 nitrogen and oxygen atoms in total. The molecule has 2 rings (SSSR count). The number of benzene rings is 1. The molecule has 4 heteroatoms. The first-order valence-corrected chi connectivity index (χ1v) is 10.0. The van der Waals surface area contributed by atoms with Gasteiger partial charge < -0.3 is 10.1 Å². The number of carbonyl (C=O) groups is 1. The van der Waals surface area contributed by atoms with Crippen molar-refractivity contribution in [1.82, 2.24) is 5.32 Å². The number of carbonyl (C=O) groups excluding carboxylic acids is 1. The first kappa shape index (κ1) is 20.8. The fourth-order valence-electron chi connectivity index (χ4n) is 4.15. The second kappa shape index (κ2) is 8.90. The van der Waals surface area contributed by atoms with Crippen LogP contribution in [-0.4, -0.2) is 29.8 Å². The molecule has 1 aromatic rings. The molecule has 1 heterocycles. The van der Waals surface area contributed by atoms with Gasteiger partial charge in [-0.3, -0.25) is 4.90 Å². The molecule has 1 aromatic carbocycles. The maximum Gasteiger partial charge on any atom is 0.414 e. The number of anilines is 1. The molecule has 1 aliphatic heterocycles. The van der Waals surface area contributed by atoms with Crippen molar-refractivity contribution in [3.8, 4) is 0 Å². The van der Waals surface area contributed by atoms with E-state index >= 15 is 0 Å². The number of rotatable bonds is 7. The lowest BCUT2D eigenvalue weighted by atomic mass is 9.81. The summed E-state index contributed by atoms with van der Waals surface area (Å²) in [6, 6.07) is 9.88. The number of piperidine rings is 1. The van der Waals surface area contributed by atoms with Gasteiger partial charge in [0.2, 0.25) is 0 Å². The molecule has 146 valence electrons. The fourth-order valence-corrected chi connectivity index (χ4v) is 4.15. The number of hydrogen-bond acceptors (Lipinski definition) is 3. The van der Waals surface area contributed by atoms with E-state index in [0.29, 0.717) is 6.54 Å². The Balaban J connectivity index is 2.05. The van der Waals surface area contributed by atoms with Gasteiger partial charge in [0.15, 0.2) is 0 Å². The summed E-state index contributed by atoms with van der Waals surface area (Å²) in [5.74, 6) is 0. The van der Waals surface area contributed by atoms with Crippen molar-refractivity contribution >= 4 is 11.8 Å². The number of ether oxygens (including phenoxy) is 1. The molecule has 26 heavy (non-hydrogen) atoms. The van der Waals surface area contributed by atoms with Crippen LogP contribution in [0.2, 0.25) is 0 Å². The summed E-state index contributed by atoms with van der Waals surface area (Å²) < 4.78 is 5.98. The van der Waals surface area contributed by atoms with E-state index < -0.39 is 0 Å². The molecular formula is C22H36N2O2. The van der Waals surface area contributed by atoms with Crippen LogP contribution in [0.15, 0.2) is 30.3 Å². The summed E-state index contributed by atoms with van der Waals surface area (Å²) >= 11 is 0. The Hall–Kier alpha value is -1.55. The maximum atomic E-state index is 13.0. The third-order valence-electron chi connectivity index (χ3n) is 4.94. The predicted molar refractivity (Wildman–Crippen MR) is 109 cm³/mol. The monoisotopic (exact) mass is 360 g/mol. The molecule has 1 aliphatic rings.